The van der Waals surface area contributed by atoms with Crippen LogP contribution in [-0.4, -0.2) is 48.8 Å². The molecule has 4 heteroatoms. The maximum absolute atomic E-state index is 13.1. The summed E-state index contributed by atoms with van der Waals surface area (Å²) < 4.78 is 0. The number of hydrogen-bond acceptors (Lipinski definition) is 2. The van der Waals surface area contributed by atoms with Crippen molar-refractivity contribution in [3.63, 3.8) is 0 Å². The molecule has 0 aromatic heterocycles. The van der Waals surface area contributed by atoms with Crippen molar-refractivity contribution >= 4 is 11.8 Å². The number of carbonyl (C=O) groups is 2. The van der Waals surface area contributed by atoms with Crippen molar-refractivity contribution in [3.05, 3.63) is 47.0 Å². The lowest BCUT2D eigenvalue weighted by Crippen LogP contribution is -2.44. The number of nitrogens with zero attached hydrogens (tertiary/aromatic N) is 2. The molecule has 1 aromatic rings. The summed E-state index contributed by atoms with van der Waals surface area (Å²) in [6.07, 6.45) is 4.35. The summed E-state index contributed by atoms with van der Waals surface area (Å²) in [5.74, 6) is 0.336. The zero-order valence-corrected chi connectivity index (χ0v) is 16.9. The van der Waals surface area contributed by atoms with Gasteiger partial charge in [-0.2, -0.15) is 0 Å². The molecule has 1 heterocycles. The highest BCUT2D eigenvalue weighted by molar-refractivity contribution is 5.95. The Morgan fingerprint density at radius 2 is 1.85 bits per heavy atom. The second-order valence-electron chi connectivity index (χ2n) is 9.03. The fraction of sp³-hybridized carbons (Fsp3) is 0.565. The van der Waals surface area contributed by atoms with Gasteiger partial charge in [0.05, 0.1) is 5.92 Å². The van der Waals surface area contributed by atoms with Gasteiger partial charge in [-0.05, 0) is 55.7 Å². The standard InChI is InChI=1S/C23H30N2O2/c1-5-22-14-23(11-12-23)19(21(27)24(3)4)16(2)18(22)13-25(15-22)20(26)17-9-7-6-8-10-17/h6-10,19H,5,11-15H2,1-4H3/t19-,22-/m1/s1. The monoisotopic (exact) mass is 366 g/mol. The molecule has 1 spiro atoms. The minimum absolute atomic E-state index is 0.00560. The highest BCUT2D eigenvalue weighted by Crippen LogP contribution is 2.67. The topological polar surface area (TPSA) is 40.6 Å². The molecule has 2 amide bonds. The van der Waals surface area contributed by atoms with E-state index in [9.17, 15) is 9.59 Å². The van der Waals surface area contributed by atoms with E-state index in [-0.39, 0.29) is 28.6 Å². The molecular formula is C23H30N2O2. The van der Waals surface area contributed by atoms with Gasteiger partial charge in [-0.3, -0.25) is 9.59 Å². The Bertz CT molecular complexity index is 807. The van der Waals surface area contributed by atoms with Gasteiger partial charge in [0.25, 0.3) is 5.91 Å². The summed E-state index contributed by atoms with van der Waals surface area (Å²) in [5, 5.41) is 0. The molecule has 144 valence electrons. The van der Waals surface area contributed by atoms with Crippen LogP contribution < -0.4 is 0 Å². The average molecular weight is 367 g/mol. The van der Waals surface area contributed by atoms with Gasteiger partial charge in [0.1, 0.15) is 0 Å². The molecule has 3 aliphatic rings. The summed E-state index contributed by atoms with van der Waals surface area (Å²) in [4.78, 5) is 29.8. The fourth-order valence-corrected chi connectivity index (χ4v) is 5.68. The lowest BCUT2D eigenvalue weighted by molar-refractivity contribution is -0.134. The third-order valence-corrected chi connectivity index (χ3v) is 7.26. The summed E-state index contributed by atoms with van der Waals surface area (Å²) in [5.41, 5.74) is 3.52. The highest BCUT2D eigenvalue weighted by atomic mass is 16.2. The summed E-state index contributed by atoms with van der Waals surface area (Å²) >= 11 is 0. The third kappa shape index (κ3) is 2.72. The molecule has 1 aliphatic heterocycles. The van der Waals surface area contributed by atoms with Gasteiger partial charge in [0.15, 0.2) is 0 Å². The molecule has 1 aromatic carbocycles. The largest absolute Gasteiger partial charge is 0.348 e. The van der Waals surface area contributed by atoms with E-state index in [1.54, 1.807) is 4.90 Å². The average Bonchev–Trinajstić information content (AvgIpc) is 3.31. The Balaban J connectivity index is 1.72. The molecule has 2 aliphatic carbocycles. The number of carbonyl (C=O) groups excluding carboxylic acids is 2. The predicted molar refractivity (Wildman–Crippen MR) is 106 cm³/mol. The molecule has 0 radical (unpaired) electrons. The maximum Gasteiger partial charge on any atom is 0.254 e. The zero-order valence-electron chi connectivity index (χ0n) is 16.9. The number of fused-ring (bicyclic) bond motifs is 1. The van der Waals surface area contributed by atoms with Crippen LogP contribution in [0.3, 0.4) is 0 Å². The van der Waals surface area contributed by atoms with Crippen LogP contribution in [-0.2, 0) is 4.79 Å². The number of hydrogen-bond donors (Lipinski definition) is 0. The molecule has 2 fully saturated rings. The molecule has 4 nitrogen and oxygen atoms in total. The van der Waals surface area contributed by atoms with E-state index in [0.717, 1.165) is 37.8 Å². The Hall–Kier alpha value is -2.10. The van der Waals surface area contributed by atoms with Crippen LogP contribution in [0.5, 0.6) is 0 Å². The first-order valence-corrected chi connectivity index (χ1v) is 10.1. The Morgan fingerprint density at radius 1 is 1.19 bits per heavy atom. The quantitative estimate of drug-likeness (QED) is 0.765. The summed E-state index contributed by atoms with van der Waals surface area (Å²) in [7, 11) is 3.72. The minimum Gasteiger partial charge on any atom is -0.348 e. The van der Waals surface area contributed by atoms with E-state index >= 15 is 0 Å². The number of likely N-dealkylation sites (tertiary alicyclic amines) is 1. The summed E-state index contributed by atoms with van der Waals surface area (Å²) in [6.45, 7) is 5.85. The van der Waals surface area contributed by atoms with E-state index < -0.39 is 0 Å². The number of benzene rings is 1. The van der Waals surface area contributed by atoms with E-state index in [4.69, 9.17) is 0 Å². The molecule has 1 saturated carbocycles. The van der Waals surface area contributed by atoms with Gasteiger partial charge in [0, 0.05) is 38.2 Å². The predicted octanol–water partition coefficient (Wildman–Crippen LogP) is 3.74. The second kappa shape index (κ2) is 6.22. The molecular weight excluding hydrogens is 336 g/mol. The molecule has 0 bridgehead atoms. The SMILES string of the molecule is CC[C@@]12CN(C(=O)c3ccccc3)CC1=C(C)[C@H](C(=O)N(C)C)C1(CC1)C2. The van der Waals surface area contributed by atoms with Crippen molar-refractivity contribution in [2.75, 3.05) is 27.2 Å². The van der Waals surface area contributed by atoms with Crippen molar-refractivity contribution in [2.45, 2.75) is 39.5 Å². The molecule has 0 N–H and O–H groups in total. The van der Waals surface area contributed by atoms with Gasteiger partial charge in [-0.15, -0.1) is 0 Å². The molecule has 27 heavy (non-hydrogen) atoms. The fourth-order valence-electron chi connectivity index (χ4n) is 5.68. The first-order valence-electron chi connectivity index (χ1n) is 10.1. The Morgan fingerprint density at radius 3 is 2.41 bits per heavy atom. The van der Waals surface area contributed by atoms with Crippen LogP contribution in [0, 0.1) is 16.7 Å². The number of amides is 2. The molecule has 2 atom stereocenters. The molecule has 1 saturated heterocycles. The smallest absolute Gasteiger partial charge is 0.254 e. The molecule has 4 rings (SSSR count). The van der Waals surface area contributed by atoms with E-state index in [1.165, 1.54) is 11.1 Å². The zero-order chi connectivity index (χ0) is 19.4. The number of rotatable bonds is 3. The van der Waals surface area contributed by atoms with E-state index in [2.05, 4.69) is 13.8 Å². The van der Waals surface area contributed by atoms with Crippen LogP contribution in [0.25, 0.3) is 0 Å². The van der Waals surface area contributed by atoms with E-state index in [1.807, 2.05) is 49.3 Å². The van der Waals surface area contributed by atoms with Gasteiger partial charge >= 0.3 is 0 Å². The normalized spacial score (nSPS) is 28.3. The van der Waals surface area contributed by atoms with Crippen LogP contribution in [0.2, 0.25) is 0 Å². The Kier molecular flexibility index (Phi) is 4.21. The van der Waals surface area contributed by atoms with Crippen LogP contribution in [0.1, 0.15) is 49.9 Å². The van der Waals surface area contributed by atoms with Crippen molar-refractivity contribution in [1.82, 2.24) is 9.80 Å². The van der Waals surface area contributed by atoms with Crippen LogP contribution in [0.4, 0.5) is 0 Å². The summed E-state index contributed by atoms with van der Waals surface area (Å²) in [6, 6.07) is 9.56. The van der Waals surface area contributed by atoms with Crippen LogP contribution >= 0.6 is 0 Å². The van der Waals surface area contributed by atoms with Crippen LogP contribution in [0.15, 0.2) is 41.5 Å². The lowest BCUT2D eigenvalue weighted by Gasteiger charge is -2.44. The maximum atomic E-state index is 13.1. The van der Waals surface area contributed by atoms with Crippen molar-refractivity contribution in [1.29, 1.82) is 0 Å². The van der Waals surface area contributed by atoms with Crippen molar-refractivity contribution in [2.24, 2.45) is 16.7 Å². The van der Waals surface area contributed by atoms with Gasteiger partial charge in [-0.25, -0.2) is 0 Å². The van der Waals surface area contributed by atoms with E-state index in [0.29, 0.717) is 6.54 Å². The van der Waals surface area contributed by atoms with Crippen molar-refractivity contribution < 1.29 is 9.59 Å². The lowest BCUT2D eigenvalue weighted by atomic mass is 9.60. The third-order valence-electron chi connectivity index (χ3n) is 7.26. The van der Waals surface area contributed by atoms with Crippen molar-refractivity contribution in [3.8, 4) is 0 Å². The Labute approximate surface area is 162 Å². The highest BCUT2D eigenvalue weighted by Gasteiger charge is 2.62. The molecule has 0 unspecified atom stereocenters. The van der Waals surface area contributed by atoms with Gasteiger partial charge in [0.2, 0.25) is 5.91 Å². The van der Waals surface area contributed by atoms with Gasteiger partial charge < -0.3 is 9.80 Å². The minimum atomic E-state index is -0.00560. The second-order valence-corrected chi connectivity index (χ2v) is 9.03. The first-order chi connectivity index (χ1) is 12.8. The first kappa shape index (κ1) is 18.3. The van der Waals surface area contributed by atoms with Gasteiger partial charge in [-0.1, -0.05) is 30.7 Å².